The van der Waals surface area contributed by atoms with Crippen LogP contribution in [-0.2, 0) is 26.6 Å². The molecule has 1 aromatic heterocycles. The van der Waals surface area contributed by atoms with Crippen LogP contribution in [0.15, 0.2) is 18.3 Å². The first-order valence-electron chi connectivity index (χ1n) is 6.77. The minimum absolute atomic E-state index is 0.747. The van der Waals surface area contributed by atoms with Crippen molar-refractivity contribution in [1.82, 2.24) is 15.1 Å². The number of hydrogen-bond acceptors (Lipinski definition) is 3. The van der Waals surface area contributed by atoms with Crippen LogP contribution in [0.4, 0.5) is 0 Å². The van der Waals surface area contributed by atoms with E-state index in [0.717, 1.165) is 48.1 Å². The predicted molar refractivity (Wildman–Crippen MR) is 79.1 cm³/mol. The summed E-state index contributed by atoms with van der Waals surface area (Å²) in [5.41, 5.74) is 4.62. The third-order valence-corrected chi connectivity index (χ3v) is 3.79. The van der Waals surface area contributed by atoms with Gasteiger partial charge in [0.1, 0.15) is 5.75 Å². The molecule has 3 rings (SSSR count). The van der Waals surface area contributed by atoms with Gasteiger partial charge in [0, 0.05) is 48.9 Å². The van der Waals surface area contributed by atoms with Gasteiger partial charge in [0.2, 0.25) is 0 Å². The fourth-order valence-corrected chi connectivity index (χ4v) is 2.89. The zero-order chi connectivity index (χ0) is 14.1. The highest BCUT2D eigenvalue weighted by Crippen LogP contribution is 2.32. The van der Waals surface area contributed by atoms with Crippen molar-refractivity contribution < 1.29 is 4.74 Å². The number of rotatable bonds is 4. The summed E-state index contributed by atoms with van der Waals surface area (Å²) in [6.07, 6.45) is 2.99. The van der Waals surface area contributed by atoms with Crippen molar-refractivity contribution in [3.05, 3.63) is 45.7 Å². The Morgan fingerprint density at radius 1 is 1.35 bits per heavy atom. The molecule has 1 aliphatic rings. The molecular weight excluding hydrogens is 274 g/mol. The summed E-state index contributed by atoms with van der Waals surface area (Å²) in [5.74, 6) is 1.00. The molecule has 0 radical (unpaired) electrons. The van der Waals surface area contributed by atoms with E-state index in [4.69, 9.17) is 16.3 Å². The zero-order valence-corrected chi connectivity index (χ0v) is 12.5. The molecule has 1 N–H and O–H groups in total. The second kappa shape index (κ2) is 5.46. The number of benzene rings is 1. The number of hydrogen-bond donors (Lipinski definition) is 1. The van der Waals surface area contributed by atoms with Crippen LogP contribution in [0.2, 0.25) is 5.02 Å². The minimum Gasteiger partial charge on any atom is -0.493 e. The smallest absolute Gasteiger partial charge is 0.127 e. The lowest BCUT2D eigenvalue weighted by atomic mass is 10.1. The lowest BCUT2D eigenvalue weighted by Gasteiger charge is -2.10. The van der Waals surface area contributed by atoms with E-state index in [9.17, 15) is 0 Å². The van der Waals surface area contributed by atoms with Crippen LogP contribution in [0.1, 0.15) is 22.4 Å². The lowest BCUT2D eigenvalue weighted by molar-refractivity contribution is 0.352. The van der Waals surface area contributed by atoms with Gasteiger partial charge in [-0.25, -0.2) is 0 Å². The first-order chi connectivity index (χ1) is 9.63. The summed E-state index contributed by atoms with van der Waals surface area (Å²) in [5, 5.41) is 8.56. The Kier molecular flexibility index (Phi) is 3.68. The third-order valence-electron chi connectivity index (χ3n) is 3.57. The highest BCUT2D eigenvalue weighted by molar-refractivity contribution is 6.30. The van der Waals surface area contributed by atoms with E-state index in [0.29, 0.717) is 0 Å². The molecule has 0 saturated heterocycles. The summed E-state index contributed by atoms with van der Waals surface area (Å²) in [4.78, 5) is 0. The van der Waals surface area contributed by atoms with Gasteiger partial charge < -0.3 is 10.1 Å². The molecule has 1 aliphatic heterocycles. The normalized spacial score (nSPS) is 13.3. The number of ether oxygens (including phenoxy) is 1. The van der Waals surface area contributed by atoms with E-state index >= 15 is 0 Å². The fourth-order valence-electron chi connectivity index (χ4n) is 2.63. The van der Waals surface area contributed by atoms with E-state index in [2.05, 4.69) is 10.4 Å². The first-order valence-corrected chi connectivity index (χ1v) is 7.15. The van der Waals surface area contributed by atoms with Crippen molar-refractivity contribution in [2.75, 3.05) is 6.61 Å². The van der Waals surface area contributed by atoms with Crippen LogP contribution in [-0.4, -0.2) is 16.4 Å². The van der Waals surface area contributed by atoms with Gasteiger partial charge in [-0.3, -0.25) is 4.68 Å². The van der Waals surface area contributed by atoms with Gasteiger partial charge in [0.25, 0.3) is 0 Å². The number of aryl methyl sites for hydroxylation is 2. The Morgan fingerprint density at radius 3 is 2.90 bits per heavy atom. The largest absolute Gasteiger partial charge is 0.493 e. The Balaban J connectivity index is 1.69. The lowest BCUT2D eigenvalue weighted by Crippen LogP contribution is -2.13. The quantitative estimate of drug-likeness (QED) is 0.941. The van der Waals surface area contributed by atoms with Gasteiger partial charge in [-0.05, 0) is 24.6 Å². The van der Waals surface area contributed by atoms with Crippen LogP contribution in [0.3, 0.4) is 0 Å². The van der Waals surface area contributed by atoms with Crippen molar-refractivity contribution in [3.8, 4) is 5.75 Å². The van der Waals surface area contributed by atoms with Crippen molar-refractivity contribution in [2.45, 2.75) is 26.4 Å². The maximum absolute atomic E-state index is 6.16. The van der Waals surface area contributed by atoms with Crippen LogP contribution in [0.25, 0.3) is 0 Å². The molecule has 0 amide bonds. The fraction of sp³-hybridized carbons (Fsp3) is 0.400. The van der Waals surface area contributed by atoms with Crippen molar-refractivity contribution in [3.63, 3.8) is 0 Å². The maximum atomic E-state index is 6.16. The maximum Gasteiger partial charge on any atom is 0.127 e. The molecule has 0 atom stereocenters. The van der Waals surface area contributed by atoms with Crippen LogP contribution in [0, 0.1) is 6.92 Å². The second-order valence-corrected chi connectivity index (χ2v) is 5.61. The molecule has 20 heavy (non-hydrogen) atoms. The van der Waals surface area contributed by atoms with Gasteiger partial charge in [-0.2, -0.15) is 5.10 Å². The summed E-state index contributed by atoms with van der Waals surface area (Å²) in [7, 11) is 1.94. The zero-order valence-electron chi connectivity index (χ0n) is 11.7. The van der Waals surface area contributed by atoms with Crippen molar-refractivity contribution in [1.29, 1.82) is 0 Å². The number of nitrogens with zero attached hydrogens (tertiary/aromatic N) is 2. The van der Waals surface area contributed by atoms with Crippen LogP contribution < -0.4 is 10.1 Å². The monoisotopic (exact) mass is 291 g/mol. The van der Waals surface area contributed by atoms with Gasteiger partial charge in [-0.15, -0.1) is 0 Å². The molecule has 4 nitrogen and oxygen atoms in total. The SMILES string of the molecule is Cc1nn(C)cc1CNCc1cc(Cl)cc2c1OCC2. The van der Waals surface area contributed by atoms with Crippen LogP contribution >= 0.6 is 11.6 Å². The Bertz CT molecular complexity index is 636. The highest BCUT2D eigenvalue weighted by Gasteiger charge is 2.17. The molecule has 0 bridgehead atoms. The molecule has 0 fully saturated rings. The van der Waals surface area contributed by atoms with E-state index in [1.165, 1.54) is 11.1 Å². The van der Waals surface area contributed by atoms with E-state index in [1.807, 2.05) is 37.0 Å². The van der Waals surface area contributed by atoms with Gasteiger partial charge in [0.05, 0.1) is 12.3 Å². The molecule has 5 heteroatoms. The van der Waals surface area contributed by atoms with Gasteiger partial charge >= 0.3 is 0 Å². The summed E-state index contributed by atoms with van der Waals surface area (Å²) in [6.45, 7) is 4.32. The molecule has 0 unspecified atom stereocenters. The Hall–Kier alpha value is -1.52. The Labute approximate surface area is 123 Å². The van der Waals surface area contributed by atoms with Crippen molar-refractivity contribution >= 4 is 11.6 Å². The number of fused-ring (bicyclic) bond motifs is 1. The number of aromatic nitrogens is 2. The van der Waals surface area contributed by atoms with Gasteiger partial charge in [0.15, 0.2) is 0 Å². The summed E-state index contributed by atoms with van der Waals surface area (Å²) >= 11 is 6.16. The van der Waals surface area contributed by atoms with E-state index < -0.39 is 0 Å². The standard InChI is InChI=1S/C15H18ClN3O/c1-10-13(9-19(2)18-10)8-17-7-12-6-14(16)5-11-3-4-20-15(11)12/h5-6,9,17H,3-4,7-8H2,1-2H3. The average molecular weight is 292 g/mol. The summed E-state index contributed by atoms with van der Waals surface area (Å²) in [6, 6.07) is 3.98. The first kappa shape index (κ1) is 13.5. The number of nitrogens with one attached hydrogen (secondary N) is 1. The average Bonchev–Trinajstić information content (AvgIpc) is 2.96. The number of halogens is 1. The third kappa shape index (κ3) is 2.67. The molecule has 0 saturated carbocycles. The molecule has 2 aromatic rings. The molecule has 0 aliphatic carbocycles. The Morgan fingerprint density at radius 2 is 2.15 bits per heavy atom. The minimum atomic E-state index is 0.747. The summed E-state index contributed by atoms with van der Waals surface area (Å²) < 4.78 is 7.54. The van der Waals surface area contributed by atoms with Crippen molar-refractivity contribution in [2.24, 2.45) is 7.05 Å². The highest BCUT2D eigenvalue weighted by atomic mass is 35.5. The molecule has 2 heterocycles. The van der Waals surface area contributed by atoms with E-state index in [-0.39, 0.29) is 0 Å². The predicted octanol–water partition coefficient (Wildman–Crippen LogP) is 2.61. The topological polar surface area (TPSA) is 39.1 Å². The second-order valence-electron chi connectivity index (χ2n) is 5.17. The molecular formula is C15H18ClN3O. The molecule has 0 spiro atoms. The van der Waals surface area contributed by atoms with E-state index in [1.54, 1.807) is 0 Å². The van der Waals surface area contributed by atoms with Crippen LogP contribution in [0.5, 0.6) is 5.75 Å². The molecule has 1 aromatic carbocycles. The molecule has 106 valence electrons. The van der Waals surface area contributed by atoms with Gasteiger partial charge in [-0.1, -0.05) is 11.6 Å².